The van der Waals surface area contributed by atoms with Crippen LogP contribution < -0.4 is 11.5 Å². The largest absolute Gasteiger partial charge is 0.368 e. The van der Waals surface area contributed by atoms with E-state index in [0.717, 1.165) is 11.1 Å². The van der Waals surface area contributed by atoms with Gasteiger partial charge in [-0.2, -0.15) is 20.2 Å². The first-order valence-electron chi connectivity index (χ1n) is 6.06. The smallest absolute Gasteiger partial charge is 0.225 e. The Kier molecular flexibility index (Phi) is 3.33. The summed E-state index contributed by atoms with van der Waals surface area (Å²) >= 11 is 1.36. The molecule has 0 atom stereocenters. The molecule has 0 fully saturated rings. The van der Waals surface area contributed by atoms with Crippen molar-refractivity contribution in [2.45, 2.75) is 10.9 Å². The first-order valence-corrected chi connectivity index (χ1v) is 7.04. The third-order valence-corrected chi connectivity index (χ3v) is 3.78. The summed E-state index contributed by atoms with van der Waals surface area (Å²) in [4.78, 5) is 11.7. The van der Waals surface area contributed by atoms with Crippen molar-refractivity contribution in [1.29, 1.82) is 5.26 Å². The maximum absolute atomic E-state index is 9.34. The maximum atomic E-state index is 9.34. The van der Waals surface area contributed by atoms with Gasteiger partial charge in [0.05, 0.1) is 11.1 Å². The summed E-state index contributed by atoms with van der Waals surface area (Å²) in [5.74, 6) is 0.730. The van der Waals surface area contributed by atoms with E-state index < -0.39 is 0 Å². The molecule has 7 nitrogen and oxygen atoms in total. The second-order valence-electron chi connectivity index (χ2n) is 4.26. The van der Waals surface area contributed by atoms with Gasteiger partial charge in [-0.25, -0.2) is 0 Å². The fourth-order valence-corrected chi connectivity index (χ4v) is 2.83. The number of nitriles is 1. The standard InChI is InChI=1S/C13H11N7S/c14-5-9-8(6-20-4-2-1-3-10(9)20)7-21-13-18-11(15)17-12(16)19-13/h1-4,6H,7H2,(H4,15,16,17,18,19). The predicted molar refractivity (Wildman–Crippen MR) is 80.3 cm³/mol. The average molecular weight is 297 g/mol. The number of hydrogen-bond acceptors (Lipinski definition) is 7. The first-order chi connectivity index (χ1) is 10.2. The summed E-state index contributed by atoms with van der Waals surface area (Å²) in [6.45, 7) is 0. The zero-order valence-corrected chi connectivity index (χ0v) is 11.7. The number of anilines is 2. The highest BCUT2D eigenvalue weighted by molar-refractivity contribution is 7.98. The minimum absolute atomic E-state index is 0.0903. The van der Waals surface area contributed by atoms with Crippen LogP contribution in [-0.4, -0.2) is 19.4 Å². The van der Waals surface area contributed by atoms with Crippen molar-refractivity contribution in [3.8, 4) is 6.07 Å². The van der Waals surface area contributed by atoms with Crippen LogP contribution in [0, 0.1) is 11.3 Å². The van der Waals surface area contributed by atoms with Crippen molar-refractivity contribution < 1.29 is 0 Å². The minimum atomic E-state index is 0.0903. The lowest BCUT2D eigenvalue weighted by molar-refractivity contribution is 0.929. The maximum Gasteiger partial charge on any atom is 0.225 e. The molecule has 0 radical (unpaired) electrons. The van der Waals surface area contributed by atoms with Crippen molar-refractivity contribution >= 4 is 29.2 Å². The Hall–Kier alpha value is -2.79. The van der Waals surface area contributed by atoms with E-state index in [4.69, 9.17) is 11.5 Å². The van der Waals surface area contributed by atoms with Gasteiger partial charge < -0.3 is 15.9 Å². The molecule has 0 aliphatic heterocycles. The molecule has 8 heteroatoms. The summed E-state index contributed by atoms with van der Waals surface area (Å²) in [6.07, 6.45) is 3.83. The summed E-state index contributed by atoms with van der Waals surface area (Å²) in [6, 6.07) is 7.97. The van der Waals surface area contributed by atoms with Gasteiger partial charge in [0.2, 0.25) is 11.9 Å². The Morgan fingerprint density at radius 1 is 1.19 bits per heavy atom. The van der Waals surface area contributed by atoms with Gasteiger partial charge in [-0.05, 0) is 17.7 Å². The molecular formula is C13H11N7S. The molecule has 0 amide bonds. The van der Waals surface area contributed by atoms with E-state index in [1.165, 1.54) is 11.8 Å². The Morgan fingerprint density at radius 3 is 2.67 bits per heavy atom. The molecule has 0 aromatic carbocycles. The molecule has 3 rings (SSSR count). The lowest BCUT2D eigenvalue weighted by Gasteiger charge is -2.01. The van der Waals surface area contributed by atoms with Crippen LogP contribution in [0.3, 0.4) is 0 Å². The predicted octanol–water partition coefficient (Wildman–Crippen LogP) is 1.45. The fraction of sp³-hybridized carbons (Fsp3) is 0.0769. The van der Waals surface area contributed by atoms with Crippen molar-refractivity contribution in [3.05, 3.63) is 41.7 Å². The van der Waals surface area contributed by atoms with Crippen LogP contribution in [-0.2, 0) is 5.75 Å². The van der Waals surface area contributed by atoms with Gasteiger partial charge >= 0.3 is 0 Å². The first kappa shape index (κ1) is 13.2. The molecule has 0 aliphatic carbocycles. The SMILES string of the molecule is N#Cc1c(CSc2nc(N)nc(N)n2)cn2ccccc12. The summed E-state index contributed by atoms with van der Waals surface area (Å²) in [5, 5.41) is 9.78. The van der Waals surface area contributed by atoms with Crippen molar-refractivity contribution in [1.82, 2.24) is 19.4 Å². The minimum Gasteiger partial charge on any atom is -0.368 e. The molecular weight excluding hydrogens is 286 g/mol. The molecule has 0 aliphatic rings. The van der Waals surface area contributed by atoms with Crippen LogP contribution in [0.25, 0.3) is 5.52 Å². The third kappa shape index (κ3) is 2.59. The van der Waals surface area contributed by atoms with Crippen molar-refractivity contribution in [3.63, 3.8) is 0 Å². The van der Waals surface area contributed by atoms with Crippen LogP contribution in [0.1, 0.15) is 11.1 Å². The molecule has 0 spiro atoms. The molecule has 3 heterocycles. The highest BCUT2D eigenvalue weighted by atomic mass is 32.2. The van der Waals surface area contributed by atoms with Gasteiger partial charge in [0.25, 0.3) is 0 Å². The number of nitrogens with zero attached hydrogens (tertiary/aromatic N) is 5. The van der Waals surface area contributed by atoms with E-state index in [1.807, 2.05) is 35.0 Å². The van der Waals surface area contributed by atoms with Crippen LogP contribution in [0.4, 0.5) is 11.9 Å². The molecule has 0 unspecified atom stereocenters. The van der Waals surface area contributed by atoms with Crippen molar-refractivity contribution in [2.24, 2.45) is 0 Å². The average Bonchev–Trinajstić information content (AvgIpc) is 2.81. The molecule has 4 N–H and O–H groups in total. The molecule has 104 valence electrons. The third-order valence-electron chi connectivity index (χ3n) is 2.88. The monoisotopic (exact) mass is 297 g/mol. The number of pyridine rings is 1. The van der Waals surface area contributed by atoms with Crippen LogP contribution in [0.15, 0.2) is 35.7 Å². The number of thioether (sulfide) groups is 1. The zero-order chi connectivity index (χ0) is 14.8. The number of fused-ring (bicyclic) bond motifs is 1. The van der Waals surface area contributed by atoms with Crippen LogP contribution in [0.5, 0.6) is 0 Å². The van der Waals surface area contributed by atoms with E-state index in [-0.39, 0.29) is 11.9 Å². The van der Waals surface area contributed by atoms with E-state index in [0.29, 0.717) is 16.5 Å². The molecule has 21 heavy (non-hydrogen) atoms. The lowest BCUT2D eigenvalue weighted by atomic mass is 10.2. The van der Waals surface area contributed by atoms with E-state index >= 15 is 0 Å². The highest BCUT2D eigenvalue weighted by Crippen LogP contribution is 2.25. The lowest BCUT2D eigenvalue weighted by Crippen LogP contribution is -2.03. The van der Waals surface area contributed by atoms with E-state index in [1.54, 1.807) is 0 Å². The summed E-state index contributed by atoms with van der Waals surface area (Å²) in [7, 11) is 0. The highest BCUT2D eigenvalue weighted by Gasteiger charge is 2.11. The van der Waals surface area contributed by atoms with Crippen molar-refractivity contribution in [2.75, 3.05) is 11.5 Å². The molecule has 3 aromatic rings. The summed E-state index contributed by atoms with van der Waals surface area (Å²) in [5.41, 5.74) is 13.5. The number of hydrogen-bond donors (Lipinski definition) is 2. The van der Waals surface area contributed by atoms with Gasteiger partial charge in [-0.3, -0.25) is 0 Å². The molecule has 3 aromatic heterocycles. The van der Waals surface area contributed by atoms with Gasteiger partial charge in [-0.15, -0.1) is 0 Å². The van der Waals surface area contributed by atoms with E-state index in [2.05, 4.69) is 21.0 Å². The Balaban J connectivity index is 1.90. The Labute approximate surface area is 124 Å². The number of nitrogen functional groups attached to an aromatic ring is 2. The van der Waals surface area contributed by atoms with Gasteiger partial charge in [0.1, 0.15) is 6.07 Å². The quantitative estimate of drug-likeness (QED) is 0.702. The molecule has 0 saturated carbocycles. The van der Waals surface area contributed by atoms with Crippen LogP contribution >= 0.6 is 11.8 Å². The second-order valence-corrected chi connectivity index (χ2v) is 5.20. The summed E-state index contributed by atoms with van der Waals surface area (Å²) < 4.78 is 1.92. The second kappa shape index (κ2) is 5.30. The van der Waals surface area contributed by atoms with Gasteiger partial charge in [0, 0.05) is 18.1 Å². The molecule has 0 bridgehead atoms. The normalized spacial score (nSPS) is 10.6. The fourth-order valence-electron chi connectivity index (χ4n) is 2.01. The van der Waals surface area contributed by atoms with Crippen LogP contribution in [0.2, 0.25) is 0 Å². The Morgan fingerprint density at radius 2 is 1.95 bits per heavy atom. The number of nitrogens with two attached hydrogens (primary N) is 2. The topological polar surface area (TPSA) is 119 Å². The zero-order valence-electron chi connectivity index (χ0n) is 10.9. The van der Waals surface area contributed by atoms with Gasteiger partial charge in [0.15, 0.2) is 5.16 Å². The van der Waals surface area contributed by atoms with E-state index in [9.17, 15) is 5.26 Å². The molecule has 0 saturated heterocycles. The Bertz CT molecular complexity index is 829. The van der Waals surface area contributed by atoms with Gasteiger partial charge in [-0.1, -0.05) is 17.8 Å². The number of rotatable bonds is 3. The number of aromatic nitrogens is 4.